The second kappa shape index (κ2) is 12.2. The number of rotatable bonds is 7. The fraction of sp³-hybridized carbons (Fsp3) is 0.500. The van der Waals surface area contributed by atoms with E-state index in [1.54, 1.807) is 26.3 Å². The molecule has 120 valence electrons. The first-order valence-electron chi connectivity index (χ1n) is 6.54. The first kappa shape index (κ1) is 20.6. The smallest absolute Gasteiger partial charge is 0.190 e. The summed E-state index contributed by atoms with van der Waals surface area (Å²) in [5.41, 5.74) is 0.682. The molecule has 1 aromatic carbocycles. The van der Waals surface area contributed by atoms with Crippen LogP contribution >= 0.6 is 39.9 Å². The van der Waals surface area contributed by atoms with Gasteiger partial charge in [0.05, 0.1) is 0 Å². The molecule has 0 aromatic heterocycles. The molecule has 0 saturated heterocycles. The van der Waals surface area contributed by atoms with E-state index >= 15 is 0 Å². The highest BCUT2D eigenvalue weighted by Gasteiger charge is 2.03. The molecular formula is C14H22BrFIN3O. The van der Waals surface area contributed by atoms with E-state index in [4.69, 9.17) is 4.74 Å². The average molecular weight is 474 g/mol. The number of nitrogens with one attached hydrogen (secondary N) is 2. The summed E-state index contributed by atoms with van der Waals surface area (Å²) in [4.78, 5) is 4.11. The molecule has 0 amide bonds. The van der Waals surface area contributed by atoms with Gasteiger partial charge in [0.2, 0.25) is 0 Å². The van der Waals surface area contributed by atoms with Gasteiger partial charge in [-0.25, -0.2) is 4.39 Å². The van der Waals surface area contributed by atoms with Crippen LogP contribution in [0.3, 0.4) is 0 Å². The van der Waals surface area contributed by atoms with Crippen molar-refractivity contribution in [3.05, 3.63) is 34.1 Å². The molecular weight excluding hydrogens is 452 g/mol. The standard InChI is InChI=1S/C14H21BrFN3O.HI/c1-17-14(18-7-3-9-20-2)19-8-6-11-10-12(15)4-5-13(11)16;/h4-5,10H,3,6-9H2,1-2H3,(H2,17,18,19);1H. The Labute approximate surface area is 151 Å². The molecule has 0 aliphatic carbocycles. The predicted molar refractivity (Wildman–Crippen MR) is 99.1 cm³/mol. The number of aliphatic imine (C=N–C) groups is 1. The molecule has 0 radical (unpaired) electrons. The number of hydrogen-bond acceptors (Lipinski definition) is 2. The molecule has 0 aliphatic rings. The molecule has 1 rings (SSSR count). The van der Waals surface area contributed by atoms with Crippen LogP contribution in [0, 0.1) is 5.82 Å². The van der Waals surface area contributed by atoms with Gasteiger partial charge in [0.15, 0.2) is 5.96 Å². The molecule has 2 N–H and O–H groups in total. The summed E-state index contributed by atoms with van der Waals surface area (Å²) in [7, 11) is 3.39. The number of guanidine groups is 1. The maximum Gasteiger partial charge on any atom is 0.190 e. The van der Waals surface area contributed by atoms with Crippen LogP contribution in [0.2, 0.25) is 0 Å². The summed E-state index contributed by atoms with van der Waals surface area (Å²) >= 11 is 3.34. The van der Waals surface area contributed by atoms with Crippen LogP contribution in [0.4, 0.5) is 4.39 Å². The molecule has 0 fully saturated rings. The van der Waals surface area contributed by atoms with Gasteiger partial charge in [0, 0.05) is 38.3 Å². The Kier molecular flexibility index (Phi) is 11.9. The number of halogens is 3. The zero-order valence-corrected chi connectivity index (χ0v) is 16.2. The van der Waals surface area contributed by atoms with E-state index in [1.165, 1.54) is 6.07 Å². The number of benzene rings is 1. The molecule has 0 saturated carbocycles. The van der Waals surface area contributed by atoms with Gasteiger partial charge in [-0.1, -0.05) is 15.9 Å². The molecule has 7 heteroatoms. The van der Waals surface area contributed by atoms with Crippen LogP contribution < -0.4 is 10.6 Å². The summed E-state index contributed by atoms with van der Waals surface area (Å²) in [6, 6.07) is 4.96. The summed E-state index contributed by atoms with van der Waals surface area (Å²) in [5.74, 6) is 0.537. The van der Waals surface area contributed by atoms with Crippen LogP contribution in [-0.4, -0.2) is 39.8 Å². The fourth-order valence-corrected chi connectivity index (χ4v) is 2.10. The van der Waals surface area contributed by atoms with Gasteiger partial charge in [0.25, 0.3) is 0 Å². The minimum Gasteiger partial charge on any atom is -0.385 e. The lowest BCUT2D eigenvalue weighted by Gasteiger charge is -2.12. The lowest BCUT2D eigenvalue weighted by atomic mass is 10.1. The first-order chi connectivity index (χ1) is 9.67. The van der Waals surface area contributed by atoms with Crippen molar-refractivity contribution in [1.29, 1.82) is 0 Å². The number of hydrogen-bond donors (Lipinski definition) is 2. The second-order valence-corrected chi connectivity index (χ2v) is 5.17. The first-order valence-corrected chi connectivity index (χ1v) is 7.34. The third kappa shape index (κ3) is 8.57. The van der Waals surface area contributed by atoms with E-state index < -0.39 is 0 Å². The second-order valence-electron chi connectivity index (χ2n) is 4.26. The van der Waals surface area contributed by atoms with Gasteiger partial charge in [-0.2, -0.15) is 0 Å². The Morgan fingerprint density at radius 3 is 2.71 bits per heavy atom. The molecule has 4 nitrogen and oxygen atoms in total. The minimum atomic E-state index is -0.182. The van der Waals surface area contributed by atoms with Crippen molar-refractivity contribution in [2.45, 2.75) is 12.8 Å². The lowest BCUT2D eigenvalue weighted by Crippen LogP contribution is -2.39. The van der Waals surface area contributed by atoms with Crippen molar-refractivity contribution in [1.82, 2.24) is 10.6 Å². The highest BCUT2D eigenvalue weighted by molar-refractivity contribution is 14.0. The van der Waals surface area contributed by atoms with Crippen molar-refractivity contribution in [2.75, 3.05) is 33.9 Å². The van der Waals surface area contributed by atoms with Gasteiger partial charge < -0.3 is 15.4 Å². The van der Waals surface area contributed by atoms with E-state index in [0.717, 1.165) is 23.4 Å². The Balaban J connectivity index is 0.00000400. The van der Waals surface area contributed by atoms with E-state index in [0.29, 0.717) is 25.1 Å². The molecule has 21 heavy (non-hydrogen) atoms. The van der Waals surface area contributed by atoms with Crippen molar-refractivity contribution >= 4 is 45.9 Å². The largest absolute Gasteiger partial charge is 0.385 e. The quantitative estimate of drug-likeness (QED) is 0.277. The van der Waals surface area contributed by atoms with Gasteiger partial charge in [0.1, 0.15) is 5.82 Å². The number of ether oxygens (including phenoxy) is 1. The highest BCUT2D eigenvalue weighted by atomic mass is 127. The summed E-state index contributed by atoms with van der Waals surface area (Å²) in [5, 5.41) is 6.33. The van der Waals surface area contributed by atoms with E-state index in [9.17, 15) is 4.39 Å². The number of methoxy groups -OCH3 is 1. The topological polar surface area (TPSA) is 45.7 Å². The van der Waals surface area contributed by atoms with Crippen LogP contribution in [0.1, 0.15) is 12.0 Å². The third-order valence-corrected chi connectivity index (χ3v) is 3.23. The van der Waals surface area contributed by atoms with Crippen LogP contribution in [0.25, 0.3) is 0 Å². The van der Waals surface area contributed by atoms with Crippen LogP contribution in [-0.2, 0) is 11.2 Å². The zero-order valence-electron chi connectivity index (χ0n) is 12.3. The van der Waals surface area contributed by atoms with Gasteiger partial charge in [-0.15, -0.1) is 24.0 Å². The summed E-state index contributed by atoms with van der Waals surface area (Å²) < 4.78 is 19.4. The van der Waals surface area contributed by atoms with Crippen LogP contribution in [0.15, 0.2) is 27.7 Å². The highest BCUT2D eigenvalue weighted by Crippen LogP contribution is 2.15. The van der Waals surface area contributed by atoms with Crippen molar-refractivity contribution in [3.63, 3.8) is 0 Å². The Bertz CT molecular complexity index is 446. The zero-order chi connectivity index (χ0) is 14.8. The maximum absolute atomic E-state index is 13.6. The van der Waals surface area contributed by atoms with Crippen molar-refractivity contribution in [2.24, 2.45) is 4.99 Å². The Hall–Kier alpha value is -0.410. The summed E-state index contributed by atoms with van der Waals surface area (Å²) in [6.07, 6.45) is 1.52. The predicted octanol–water partition coefficient (Wildman–Crippen LogP) is 2.95. The number of nitrogens with zero attached hydrogens (tertiary/aromatic N) is 1. The molecule has 0 spiro atoms. The molecule has 1 aromatic rings. The van der Waals surface area contributed by atoms with E-state index in [2.05, 4.69) is 31.6 Å². The molecule has 0 aliphatic heterocycles. The fourth-order valence-electron chi connectivity index (χ4n) is 1.69. The monoisotopic (exact) mass is 473 g/mol. The van der Waals surface area contributed by atoms with E-state index in [-0.39, 0.29) is 29.8 Å². The minimum absolute atomic E-state index is 0. The molecule has 0 heterocycles. The normalized spacial score (nSPS) is 11.0. The third-order valence-electron chi connectivity index (χ3n) is 2.74. The maximum atomic E-state index is 13.6. The SMILES string of the molecule is CN=C(NCCCOC)NCCc1cc(Br)ccc1F.I. The lowest BCUT2D eigenvalue weighted by molar-refractivity contribution is 0.195. The average Bonchev–Trinajstić information content (AvgIpc) is 2.45. The Morgan fingerprint density at radius 2 is 2.05 bits per heavy atom. The van der Waals surface area contributed by atoms with E-state index in [1.807, 2.05) is 0 Å². The Morgan fingerprint density at radius 1 is 1.33 bits per heavy atom. The van der Waals surface area contributed by atoms with Gasteiger partial charge in [-0.05, 0) is 36.6 Å². The summed E-state index contributed by atoms with van der Waals surface area (Å²) in [6.45, 7) is 2.13. The molecule has 0 atom stereocenters. The molecule has 0 bridgehead atoms. The van der Waals surface area contributed by atoms with Gasteiger partial charge in [-0.3, -0.25) is 4.99 Å². The molecule has 0 unspecified atom stereocenters. The van der Waals surface area contributed by atoms with Crippen molar-refractivity contribution in [3.8, 4) is 0 Å². The van der Waals surface area contributed by atoms with Gasteiger partial charge >= 0.3 is 0 Å². The van der Waals surface area contributed by atoms with Crippen LogP contribution in [0.5, 0.6) is 0 Å². The van der Waals surface area contributed by atoms with Crippen molar-refractivity contribution < 1.29 is 9.13 Å².